The van der Waals surface area contributed by atoms with Crippen LogP contribution in [0.2, 0.25) is 0 Å². The van der Waals surface area contributed by atoms with Gasteiger partial charge in [0.15, 0.2) is 11.5 Å². The van der Waals surface area contributed by atoms with Crippen LogP contribution in [-0.4, -0.2) is 5.91 Å². The molecule has 1 amide bonds. The van der Waals surface area contributed by atoms with Crippen molar-refractivity contribution in [1.29, 1.82) is 0 Å². The Hall–Kier alpha value is -4.12. The Morgan fingerprint density at radius 1 is 0.667 bits per heavy atom. The van der Waals surface area contributed by atoms with Gasteiger partial charge in [-0.25, -0.2) is 4.39 Å². The maximum atomic E-state index is 13.2. The van der Waals surface area contributed by atoms with Gasteiger partial charge in [-0.3, -0.25) is 4.79 Å². The van der Waals surface area contributed by atoms with Crippen molar-refractivity contribution in [3.05, 3.63) is 131 Å². The largest absolute Gasteiger partial charge is 0.485 e. The van der Waals surface area contributed by atoms with Crippen LogP contribution in [0.25, 0.3) is 0 Å². The van der Waals surface area contributed by atoms with Gasteiger partial charge in [0.1, 0.15) is 19.0 Å². The summed E-state index contributed by atoms with van der Waals surface area (Å²) in [6, 6.07) is 30.8. The maximum absolute atomic E-state index is 13.2. The van der Waals surface area contributed by atoms with E-state index in [1.54, 1.807) is 30.3 Å². The second-order valence-electron chi connectivity index (χ2n) is 7.49. The van der Waals surface area contributed by atoms with E-state index in [1.165, 1.54) is 12.1 Å². The van der Waals surface area contributed by atoms with Crippen LogP contribution in [0.3, 0.4) is 0 Å². The fourth-order valence-electron chi connectivity index (χ4n) is 3.30. The highest BCUT2D eigenvalue weighted by atomic mass is 19.1. The molecule has 0 saturated heterocycles. The molecule has 166 valence electrons. The van der Waals surface area contributed by atoms with Gasteiger partial charge < -0.3 is 14.8 Å². The molecule has 0 saturated carbocycles. The van der Waals surface area contributed by atoms with Gasteiger partial charge in [0.2, 0.25) is 0 Å². The van der Waals surface area contributed by atoms with E-state index in [-0.39, 0.29) is 18.3 Å². The third-order valence-electron chi connectivity index (χ3n) is 5.05. The van der Waals surface area contributed by atoms with Gasteiger partial charge in [0, 0.05) is 6.54 Å². The van der Waals surface area contributed by atoms with Crippen molar-refractivity contribution in [3.8, 4) is 11.5 Å². The Morgan fingerprint density at radius 2 is 1.27 bits per heavy atom. The smallest absolute Gasteiger partial charge is 0.255 e. The maximum Gasteiger partial charge on any atom is 0.255 e. The van der Waals surface area contributed by atoms with Crippen molar-refractivity contribution in [3.63, 3.8) is 0 Å². The minimum atomic E-state index is -0.315. The lowest BCUT2D eigenvalue weighted by atomic mass is 10.1. The summed E-state index contributed by atoms with van der Waals surface area (Å²) in [5, 5.41) is 2.88. The van der Waals surface area contributed by atoms with Crippen LogP contribution in [0.15, 0.2) is 103 Å². The molecule has 4 rings (SSSR count). The summed E-state index contributed by atoms with van der Waals surface area (Å²) in [6.07, 6.45) is 0. The van der Waals surface area contributed by atoms with Gasteiger partial charge in [0.25, 0.3) is 5.91 Å². The van der Waals surface area contributed by atoms with Crippen LogP contribution in [-0.2, 0) is 19.8 Å². The number of para-hydroxylation sites is 1. The zero-order chi connectivity index (χ0) is 22.9. The van der Waals surface area contributed by atoms with Crippen LogP contribution in [0.1, 0.15) is 27.0 Å². The normalized spacial score (nSPS) is 10.5. The van der Waals surface area contributed by atoms with Crippen LogP contribution in [0.5, 0.6) is 11.5 Å². The molecular weight excluding hydrogens is 417 g/mol. The zero-order valence-electron chi connectivity index (χ0n) is 18.0. The molecule has 0 aliphatic heterocycles. The molecule has 0 aromatic heterocycles. The molecule has 4 nitrogen and oxygen atoms in total. The van der Waals surface area contributed by atoms with Crippen LogP contribution >= 0.6 is 0 Å². The lowest BCUT2D eigenvalue weighted by molar-refractivity contribution is 0.0945. The molecular formula is C28H24FNO3. The molecule has 0 aliphatic rings. The summed E-state index contributed by atoms with van der Waals surface area (Å²) in [4.78, 5) is 13.0. The van der Waals surface area contributed by atoms with E-state index in [4.69, 9.17) is 9.47 Å². The molecule has 0 fully saturated rings. The summed E-state index contributed by atoms with van der Waals surface area (Å²) < 4.78 is 25.3. The molecule has 0 spiro atoms. The lowest BCUT2D eigenvalue weighted by Gasteiger charge is -2.17. The minimum absolute atomic E-state index is 0.270. The van der Waals surface area contributed by atoms with Crippen LogP contribution < -0.4 is 14.8 Å². The molecule has 0 radical (unpaired) electrons. The first-order valence-electron chi connectivity index (χ1n) is 10.7. The first-order valence-corrected chi connectivity index (χ1v) is 10.7. The third kappa shape index (κ3) is 6.20. The number of rotatable bonds is 9. The van der Waals surface area contributed by atoms with Gasteiger partial charge in [0.05, 0.1) is 5.56 Å². The van der Waals surface area contributed by atoms with Crippen LogP contribution in [0.4, 0.5) is 4.39 Å². The fourth-order valence-corrected chi connectivity index (χ4v) is 3.30. The Balaban J connectivity index is 1.54. The highest BCUT2D eigenvalue weighted by Crippen LogP contribution is 2.33. The molecule has 0 aliphatic carbocycles. The van der Waals surface area contributed by atoms with E-state index >= 15 is 0 Å². The molecule has 33 heavy (non-hydrogen) atoms. The Bertz CT molecular complexity index is 1180. The van der Waals surface area contributed by atoms with Crippen molar-refractivity contribution in [2.24, 2.45) is 0 Å². The number of amides is 1. The van der Waals surface area contributed by atoms with E-state index in [1.807, 2.05) is 60.7 Å². The second-order valence-corrected chi connectivity index (χ2v) is 7.49. The summed E-state index contributed by atoms with van der Waals surface area (Å²) in [6.45, 7) is 0.917. The van der Waals surface area contributed by atoms with Crippen LogP contribution in [0, 0.1) is 5.82 Å². The summed E-state index contributed by atoms with van der Waals surface area (Å²) in [5.41, 5.74) is 3.16. The van der Waals surface area contributed by atoms with E-state index in [0.717, 1.165) is 16.7 Å². The Morgan fingerprint density at radius 3 is 1.91 bits per heavy atom. The first kappa shape index (κ1) is 22.1. The second kappa shape index (κ2) is 11.0. The van der Waals surface area contributed by atoms with E-state index in [2.05, 4.69) is 5.32 Å². The van der Waals surface area contributed by atoms with Gasteiger partial charge in [-0.05, 0) is 41.0 Å². The average molecular weight is 442 g/mol. The molecule has 0 bridgehead atoms. The van der Waals surface area contributed by atoms with Crippen molar-refractivity contribution < 1.29 is 18.7 Å². The fraction of sp³-hybridized carbons (Fsp3) is 0.107. The molecule has 4 aromatic rings. The molecule has 0 unspecified atom stereocenters. The summed E-state index contributed by atoms with van der Waals surface area (Å²) in [7, 11) is 0. The monoisotopic (exact) mass is 441 g/mol. The number of nitrogens with one attached hydrogen (secondary N) is 1. The molecule has 0 atom stereocenters. The van der Waals surface area contributed by atoms with E-state index in [0.29, 0.717) is 30.3 Å². The number of carbonyl (C=O) groups excluding carboxylic acids is 1. The number of hydrogen-bond donors (Lipinski definition) is 1. The molecule has 1 N–H and O–H groups in total. The summed E-state index contributed by atoms with van der Waals surface area (Å²) in [5.74, 6) is 0.260. The number of carbonyl (C=O) groups is 1. The third-order valence-corrected chi connectivity index (χ3v) is 5.05. The number of ether oxygens (including phenoxy) is 2. The van der Waals surface area contributed by atoms with E-state index in [9.17, 15) is 9.18 Å². The SMILES string of the molecule is O=C(NCc1ccc(F)cc1)c1cccc(OCc2ccccc2)c1OCc1ccccc1. The standard InChI is InChI=1S/C28H24FNO3/c29-24-16-14-21(15-17-24)18-30-28(31)25-12-7-13-26(32-19-22-8-3-1-4-9-22)27(25)33-20-23-10-5-2-6-11-23/h1-17H,18-20H2,(H,30,31). The summed E-state index contributed by atoms with van der Waals surface area (Å²) >= 11 is 0. The van der Waals surface area contributed by atoms with Gasteiger partial charge in [-0.1, -0.05) is 78.9 Å². The number of halogens is 1. The van der Waals surface area contributed by atoms with Gasteiger partial charge in [-0.15, -0.1) is 0 Å². The lowest BCUT2D eigenvalue weighted by Crippen LogP contribution is -2.23. The molecule has 4 aromatic carbocycles. The van der Waals surface area contributed by atoms with Crippen molar-refractivity contribution in [1.82, 2.24) is 5.32 Å². The Kier molecular flexibility index (Phi) is 7.33. The van der Waals surface area contributed by atoms with Crippen molar-refractivity contribution in [2.75, 3.05) is 0 Å². The van der Waals surface area contributed by atoms with Gasteiger partial charge >= 0.3 is 0 Å². The quantitative estimate of drug-likeness (QED) is 0.351. The first-order chi connectivity index (χ1) is 16.2. The number of benzene rings is 4. The predicted molar refractivity (Wildman–Crippen MR) is 126 cm³/mol. The molecule has 0 heterocycles. The average Bonchev–Trinajstić information content (AvgIpc) is 2.87. The highest BCUT2D eigenvalue weighted by Gasteiger charge is 2.18. The van der Waals surface area contributed by atoms with Crippen molar-refractivity contribution in [2.45, 2.75) is 19.8 Å². The highest BCUT2D eigenvalue weighted by molar-refractivity contribution is 5.97. The van der Waals surface area contributed by atoms with E-state index < -0.39 is 0 Å². The minimum Gasteiger partial charge on any atom is -0.485 e. The van der Waals surface area contributed by atoms with Crippen molar-refractivity contribution >= 4 is 5.91 Å². The number of hydrogen-bond acceptors (Lipinski definition) is 3. The predicted octanol–water partition coefficient (Wildman–Crippen LogP) is 5.91. The zero-order valence-corrected chi connectivity index (χ0v) is 18.0. The van der Waals surface area contributed by atoms with Gasteiger partial charge in [-0.2, -0.15) is 0 Å². The topological polar surface area (TPSA) is 47.6 Å². The molecule has 5 heteroatoms. The Labute approximate surface area is 192 Å².